The molecule has 0 aliphatic heterocycles. The number of ether oxygens (including phenoxy) is 1. The highest BCUT2D eigenvalue weighted by Crippen LogP contribution is 2.29. The third kappa shape index (κ3) is 5.02. The molecule has 28 heavy (non-hydrogen) atoms. The van der Waals surface area contributed by atoms with Gasteiger partial charge in [-0.25, -0.2) is 18.1 Å². The maximum absolute atomic E-state index is 12.7. The molecule has 3 aromatic rings. The molecule has 0 unspecified atom stereocenters. The number of halogens is 3. The molecular weight excluding hydrogens is 397 g/mol. The van der Waals surface area contributed by atoms with Crippen LogP contribution in [0.1, 0.15) is 11.3 Å². The number of benzene rings is 1. The minimum atomic E-state index is -4.63. The predicted octanol–water partition coefficient (Wildman–Crippen LogP) is 3.16. The van der Waals surface area contributed by atoms with Gasteiger partial charge >= 0.3 is 12.2 Å². The number of pyridine rings is 1. The van der Waals surface area contributed by atoms with Crippen molar-refractivity contribution in [3.8, 4) is 11.8 Å². The van der Waals surface area contributed by atoms with E-state index in [0.29, 0.717) is 0 Å². The van der Waals surface area contributed by atoms with E-state index in [1.807, 2.05) is 0 Å². The van der Waals surface area contributed by atoms with Crippen LogP contribution < -0.4 is 9.46 Å². The van der Waals surface area contributed by atoms with Crippen LogP contribution in [0.2, 0.25) is 0 Å². The molecule has 0 spiro atoms. The maximum atomic E-state index is 12.7. The molecule has 0 saturated carbocycles. The minimum absolute atomic E-state index is 0.0288. The Morgan fingerprint density at radius 1 is 0.964 bits per heavy atom. The van der Waals surface area contributed by atoms with Crippen LogP contribution in [0.5, 0.6) is 11.8 Å². The maximum Gasteiger partial charge on any atom is 0.433 e. The first-order chi connectivity index (χ1) is 13.2. The summed E-state index contributed by atoms with van der Waals surface area (Å²) < 4.78 is 70.2. The van der Waals surface area contributed by atoms with Gasteiger partial charge in [0.25, 0.3) is 0 Å². The van der Waals surface area contributed by atoms with Crippen molar-refractivity contribution in [2.24, 2.45) is 0 Å². The second-order valence-electron chi connectivity index (χ2n) is 5.48. The Bertz CT molecular complexity index is 1040. The predicted molar refractivity (Wildman–Crippen MR) is 91.8 cm³/mol. The van der Waals surface area contributed by atoms with Crippen LogP contribution in [-0.2, 0) is 22.7 Å². The minimum Gasteiger partial charge on any atom is -0.424 e. The average Bonchev–Trinajstić information content (AvgIpc) is 2.67. The van der Waals surface area contributed by atoms with Gasteiger partial charge in [-0.3, -0.25) is 4.98 Å². The number of sulfonamides is 1. The summed E-state index contributed by atoms with van der Waals surface area (Å²) in [6.45, 7) is 0.0845. The zero-order valence-electron chi connectivity index (χ0n) is 14.1. The van der Waals surface area contributed by atoms with Crippen molar-refractivity contribution in [2.75, 3.05) is 0 Å². The lowest BCUT2D eigenvalue weighted by atomic mass is 10.3. The molecule has 1 aromatic carbocycles. The van der Waals surface area contributed by atoms with Gasteiger partial charge in [-0.15, -0.1) is 0 Å². The van der Waals surface area contributed by atoms with E-state index in [0.717, 1.165) is 17.8 Å². The molecule has 0 bridgehead atoms. The molecule has 0 fully saturated rings. The van der Waals surface area contributed by atoms with Gasteiger partial charge in [0.2, 0.25) is 10.0 Å². The highest BCUT2D eigenvalue weighted by Gasteiger charge is 2.33. The van der Waals surface area contributed by atoms with Gasteiger partial charge in [0.1, 0.15) is 5.75 Å². The van der Waals surface area contributed by atoms with Crippen molar-refractivity contribution in [1.29, 1.82) is 0 Å². The smallest absolute Gasteiger partial charge is 0.424 e. The van der Waals surface area contributed by atoms with Gasteiger partial charge in [-0.1, -0.05) is 0 Å². The number of hydrogen-bond donors (Lipinski definition) is 1. The Labute approximate surface area is 158 Å². The SMILES string of the molecule is O=S(=O)(NCc1ccncc1)c1ccc(Oc2nccc(C(F)(F)F)n2)cc1. The van der Waals surface area contributed by atoms with Crippen LogP contribution in [0.4, 0.5) is 13.2 Å². The fraction of sp³-hybridized carbons (Fsp3) is 0.118. The van der Waals surface area contributed by atoms with Gasteiger partial charge in [-0.05, 0) is 48.0 Å². The van der Waals surface area contributed by atoms with Crippen molar-refractivity contribution < 1.29 is 26.3 Å². The van der Waals surface area contributed by atoms with E-state index >= 15 is 0 Å². The molecular formula is C17H13F3N4O3S. The molecule has 7 nitrogen and oxygen atoms in total. The van der Waals surface area contributed by atoms with Gasteiger partial charge in [0.05, 0.1) is 4.90 Å². The van der Waals surface area contributed by atoms with E-state index in [-0.39, 0.29) is 17.2 Å². The highest BCUT2D eigenvalue weighted by atomic mass is 32.2. The van der Waals surface area contributed by atoms with Crippen LogP contribution in [-0.4, -0.2) is 23.4 Å². The number of hydrogen-bond acceptors (Lipinski definition) is 6. The van der Waals surface area contributed by atoms with Gasteiger partial charge in [0.15, 0.2) is 5.69 Å². The Hall–Kier alpha value is -3.05. The van der Waals surface area contributed by atoms with Gasteiger partial charge in [0, 0.05) is 25.1 Å². The first kappa shape index (κ1) is 19.7. The van der Waals surface area contributed by atoms with E-state index in [9.17, 15) is 21.6 Å². The molecule has 0 saturated heterocycles. The number of aromatic nitrogens is 3. The number of alkyl halides is 3. The van der Waals surface area contributed by atoms with Crippen molar-refractivity contribution in [2.45, 2.75) is 17.6 Å². The summed E-state index contributed by atoms with van der Waals surface area (Å²) in [5, 5.41) is 0. The Balaban J connectivity index is 1.69. The first-order valence-corrected chi connectivity index (χ1v) is 9.29. The molecule has 2 heterocycles. The summed E-state index contributed by atoms with van der Waals surface area (Å²) in [6, 6.07) is 8.69. The monoisotopic (exact) mass is 410 g/mol. The summed E-state index contributed by atoms with van der Waals surface area (Å²) in [4.78, 5) is 10.7. The second-order valence-corrected chi connectivity index (χ2v) is 7.24. The zero-order chi connectivity index (χ0) is 20.2. The number of nitrogens with zero attached hydrogens (tertiary/aromatic N) is 3. The Kier molecular flexibility index (Phi) is 5.56. The molecule has 0 aliphatic rings. The summed E-state index contributed by atoms with van der Waals surface area (Å²) in [6.07, 6.45) is -0.607. The lowest BCUT2D eigenvalue weighted by Crippen LogP contribution is -2.23. The molecule has 146 valence electrons. The molecule has 1 N–H and O–H groups in total. The van der Waals surface area contributed by atoms with Crippen molar-refractivity contribution in [3.05, 3.63) is 72.3 Å². The number of rotatable bonds is 6. The zero-order valence-corrected chi connectivity index (χ0v) is 14.9. The van der Waals surface area contributed by atoms with Crippen molar-refractivity contribution >= 4 is 10.0 Å². The van der Waals surface area contributed by atoms with Crippen LogP contribution >= 0.6 is 0 Å². The van der Waals surface area contributed by atoms with E-state index < -0.39 is 27.9 Å². The quantitative estimate of drug-likeness (QED) is 0.671. The molecule has 3 rings (SSSR count). The molecule has 0 atom stereocenters. The lowest BCUT2D eigenvalue weighted by molar-refractivity contribution is -0.141. The molecule has 0 aliphatic carbocycles. The Morgan fingerprint density at radius 2 is 1.64 bits per heavy atom. The fourth-order valence-electron chi connectivity index (χ4n) is 2.10. The van der Waals surface area contributed by atoms with Gasteiger partial charge in [-0.2, -0.15) is 18.2 Å². The van der Waals surface area contributed by atoms with E-state index in [4.69, 9.17) is 4.74 Å². The van der Waals surface area contributed by atoms with Crippen LogP contribution in [0.3, 0.4) is 0 Å². The molecule has 2 aromatic heterocycles. The van der Waals surface area contributed by atoms with Crippen molar-refractivity contribution in [3.63, 3.8) is 0 Å². The number of nitrogens with one attached hydrogen (secondary N) is 1. The highest BCUT2D eigenvalue weighted by molar-refractivity contribution is 7.89. The summed E-state index contributed by atoms with van der Waals surface area (Å²) in [5.41, 5.74) is -0.405. The van der Waals surface area contributed by atoms with E-state index in [1.54, 1.807) is 24.5 Å². The summed E-state index contributed by atoms with van der Waals surface area (Å²) >= 11 is 0. The van der Waals surface area contributed by atoms with E-state index in [1.165, 1.54) is 24.3 Å². The van der Waals surface area contributed by atoms with Gasteiger partial charge < -0.3 is 4.74 Å². The summed E-state index contributed by atoms with van der Waals surface area (Å²) in [5.74, 6) is 0.0902. The largest absolute Gasteiger partial charge is 0.433 e. The van der Waals surface area contributed by atoms with Crippen LogP contribution in [0.25, 0.3) is 0 Å². The first-order valence-electron chi connectivity index (χ1n) is 7.81. The molecule has 0 amide bonds. The van der Waals surface area contributed by atoms with Crippen LogP contribution in [0.15, 0.2) is 66.0 Å². The Morgan fingerprint density at radius 3 is 2.29 bits per heavy atom. The topological polar surface area (TPSA) is 94.1 Å². The summed E-state index contributed by atoms with van der Waals surface area (Å²) in [7, 11) is -3.78. The standard InChI is InChI=1S/C17H13F3N4O3S/c18-17(19,20)15-7-10-22-16(24-15)27-13-1-3-14(4-2-13)28(25,26)23-11-12-5-8-21-9-6-12/h1-10,23H,11H2. The average molecular weight is 410 g/mol. The third-order valence-electron chi connectivity index (χ3n) is 3.48. The normalized spacial score (nSPS) is 12.0. The fourth-order valence-corrected chi connectivity index (χ4v) is 3.12. The van der Waals surface area contributed by atoms with E-state index in [2.05, 4.69) is 19.7 Å². The van der Waals surface area contributed by atoms with Crippen molar-refractivity contribution in [1.82, 2.24) is 19.7 Å². The molecule has 11 heteroatoms. The second kappa shape index (κ2) is 7.90. The van der Waals surface area contributed by atoms with Crippen LogP contribution in [0, 0.1) is 0 Å². The third-order valence-corrected chi connectivity index (χ3v) is 4.90. The lowest BCUT2D eigenvalue weighted by Gasteiger charge is -2.09. The molecule has 0 radical (unpaired) electrons.